The van der Waals surface area contributed by atoms with Gasteiger partial charge in [-0.15, -0.1) is 0 Å². The molecular formula is C15H30N2O3. The van der Waals surface area contributed by atoms with Crippen LogP contribution in [0.1, 0.15) is 33.1 Å². The van der Waals surface area contributed by atoms with Crippen LogP contribution in [-0.2, 0) is 9.53 Å². The Morgan fingerprint density at radius 3 is 2.95 bits per heavy atom. The van der Waals surface area contributed by atoms with Crippen molar-refractivity contribution in [3.05, 3.63) is 0 Å². The molecule has 0 bridgehead atoms. The number of carboxylic acids is 1. The van der Waals surface area contributed by atoms with Gasteiger partial charge in [0.25, 0.3) is 0 Å². The number of piperidine rings is 1. The summed E-state index contributed by atoms with van der Waals surface area (Å²) in [5.41, 5.74) is 0. The summed E-state index contributed by atoms with van der Waals surface area (Å²) in [6.45, 7) is 10.1. The number of carboxylic acid groups (broad SMARTS) is 1. The highest BCUT2D eigenvalue weighted by molar-refractivity contribution is 5.68. The summed E-state index contributed by atoms with van der Waals surface area (Å²) in [5.74, 6) is 0.490. The van der Waals surface area contributed by atoms with Crippen molar-refractivity contribution in [2.45, 2.75) is 33.1 Å². The Kier molecular flexibility index (Phi) is 8.82. The predicted molar refractivity (Wildman–Crippen MR) is 79.9 cm³/mol. The number of likely N-dealkylation sites (tertiary alicyclic amines) is 1. The van der Waals surface area contributed by atoms with E-state index in [0.717, 1.165) is 45.8 Å². The minimum absolute atomic E-state index is 0.0643. The van der Waals surface area contributed by atoms with Gasteiger partial charge in [-0.1, -0.05) is 13.8 Å². The van der Waals surface area contributed by atoms with E-state index in [1.165, 1.54) is 12.8 Å². The standard InChI is InChI=1S/C15H30N2O3/c1-13(2)5-8-20-9-7-17-6-3-4-14(12-17)10-16-11-15(18)19/h13-14,16H,3-12H2,1-2H3,(H,18,19). The molecule has 1 atom stereocenters. The molecule has 0 radical (unpaired) electrons. The number of ether oxygens (including phenoxy) is 1. The maximum atomic E-state index is 10.5. The molecule has 0 aromatic carbocycles. The SMILES string of the molecule is CC(C)CCOCCN1CCCC(CNCC(=O)O)C1. The fraction of sp³-hybridized carbons (Fsp3) is 0.933. The average molecular weight is 286 g/mol. The smallest absolute Gasteiger partial charge is 0.317 e. The maximum Gasteiger partial charge on any atom is 0.317 e. The Morgan fingerprint density at radius 1 is 1.45 bits per heavy atom. The second-order valence-electron chi connectivity index (χ2n) is 6.13. The Bertz CT molecular complexity index is 272. The van der Waals surface area contributed by atoms with Crippen molar-refractivity contribution < 1.29 is 14.6 Å². The molecule has 0 aromatic heterocycles. The molecule has 1 unspecified atom stereocenters. The number of nitrogens with one attached hydrogen (secondary N) is 1. The fourth-order valence-corrected chi connectivity index (χ4v) is 2.52. The van der Waals surface area contributed by atoms with E-state index in [0.29, 0.717) is 11.8 Å². The van der Waals surface area contributed by atoms with Crippen LogP contribution in [0.3, 0.4) is 0 Å². The summed E-state index contributed by atoms with van der Waals surface area (Å²) in [6.07, 6.45) is 3.52. The normalized spacial score (nSPS) is 20.4. The lowest BCUT2D eigenvalue weighted by molar-refractivity contribution is -0.136. The Balaban J connectivity index is 2.06. The zero-order valence-corrected chi connectivity index (χ0v) is 12.9. The summed E-state index contributed by atoms with van der Waals surface area (Å²) in [5, 5.41) is 11.6. The Morgan fingerprint density at radius 2 is 2.25 bits per heavy atom. The van der Waals surface area contributed by atoms with Gasteiger partial charge in [-0.05, 0) is 44.2 Å². The van der Waals surface area contributed by atoms with Crippen molar-refractivity contribution in [2.75, 3.05) is 45.9 Å². The highest BCUT2D eigenvalue weighted by Crippen LogP contribution is 2.15. The summed E-state index contributed by atoms with van der Waals surface area (Å²) in [6, 6.07) is 0. The highest BCUT2D eigenvalue weighted by Gasteiger charge is 2.19. The van der Waals surface area contributed by atoms with Crippen LogP contribution in [0.2, 0.25) is 0 Å². The van der Waals surface area contributed by atoms with Crippen LogP contribution in [0, 0.1) is 11.8 Å². The van der Waals surface area contributed by atoms with E-state index in [9.17, 15) is 4.79 Å². The summed E-state index contributed by atoms with van der Waals surface area (Å²) in [4.78, 5) is 12.9. The molecule has 20 heavy (non-hydrogen) atoms. The molecule has 1 saturated heterocycles. The lowest BCUT2D eigenvalue weighted by Gasteiger charge is -2.32. The van der Waals surface area contributed by atoms with Crippen molar-refractivity contribution in [2.24, 2.45) is 11.8 Å². The molecule has 0 saturated carbocycles. The zero-order valence-electron chi connectivity index (χ0n) is 12.9. The van der Waals surface area contributed by atoms with Gasteiger partial charge in [0.1, 0.15) is 0 Å². The topological polar surface area (TPSA) is 61.8 Å². The van der Waals surface area contributed by atoms with E-state index in [4.69, 9.17) is 9.84 Å². The predicted octanol–water partition coefficient (Wildman–Crippen LogP) is 1.44. The number of nitrogens with zero attached hydrogens (tertiary/aromatic N) is 1. The van der Waals surface area contributed by atoms with Crippen molar-refractivity contribution in [1.82, 2.24) is 10.2 Å². The van der Waals surface area contributed by atoms with E-state index >= 15 is 0 Å². The molecule has 5 nitrogen and oxygen atoms in total. The van der Waals surface area contributed by atoms with Gasteiger partial charge in [-0.25, -0.2) is 0 Å². The van der Waals surface area contributed by atoms with Crippen molar-refractivity contribution in [3.8, 4) is 0 Å². The third-order valence-corrected chi connectivity index (χ3v) is 3.70. The molecule has 0 aliphatic carbocycles. The second-order valence-corrected chi connectivity index (χ2v) is 6.13. The van der Waals surface area contributed by atoms with Crippen LogP contribution in [-0.4, -0.2) is 61.9 Å². The van der Waals surface area contributed by atoms with Gasteiger partial charge in [0.05, 0.1) is 13.2 Å². The first-order valence-corrected chi connectivity index (χ1v) is 7.80. The first-order chi connectivity index (χ1) is 9.58. The third kappa shape index (κ3) is 8.51. The monoisotopic (exact) mass is 286 g/mol. The van der Waals surface area contributed by atoms with Gasteiger partial charge >= 0.3 is 5.97 Å². The van der Waals surface area contributed by atoms with E-state index in [2.05, 4.69) is 24.1 Å². The van der Waals surface area contributed by atoms with Crippen LogP contribution in [0.15, 0.2) is 0 Å². The van der Waals surface area contributed by atoms with Gasteiger partial charge in [0, 0.05) is 19.7 Å². The summed E-state index contributed by atoms with van der Waals surface area (Å²) in [7, 11) is 0. The highest BCUT2D eigenvalue weighted by atomic mass is 16.5. The number of hydrogen-bond acceptors (Lipinski definition) is 4. The van der Waals surface area contributed by atoms with Gasteiger partial charge in [-0.2, -0.15) is 0 Å². The first kappa shape index (κ1) is 17.4. The number of hydrogen-bond donors (Lipinski definition) is 2. The fourth-order valence-electron chi connectivity index (χ4n) is 2.52. The van der Waals surface area contributed by atoms with Crippen LogP contribution in [0.4, 0.5) is 0 Å². The molecule has 0 amide bonds. The quantitative estimate of drug-likeness (QED) is 0.595. The Hall–Kier alpha value is -0.650. The van der Waals surface area contributed by atoms with Gasteiger partial charge in [0.15, 0.2) is 0 Å². The molecule has 1 aliphatic rings. The molecular weight excluding hydrogens is 256 g/mol. The van der Waals surface area contributed by atoms with Crippen molar-refractivity contribution in [3.63, 3.8) is 0 Å². The van der Waals surface area contributed by atoms with E-state index < -0.39 is 5.97 Å². The van der Waals surface area contributed by atoms with Crippen LogP contribution >= 0.6 is 0 Å². The number of aliphatic carboxylic acids is 1. The van der Waals surface area contributed by atoms with Crippen LogP contribution in [0.5, 0.6) is 0 Å². The molecule has 0 spiro atoms. The van der Waals surface area contributed by atoms with Crippen molar-refractivity contribution in [1.29, 1.82) is 0 Å². The molecule has 1 rings (SSSR count). The van der Waals surface area contributed by atoms with E-state index in [1.54, 1.807) is 0 Å². The van der Waals surface area contributed by atoms with Gasteiger partial charge < -0.3 is 20.1 Å². The molecule has 1 fully saturated rings. The molecule has 1 heterocycles. The average Bonchev–Trinajstić information content (AvgIpc) is 2.38. The molecule has 5 heteroatoms. The number of rotatable bonds is 10. The third-order valence-electron chi connectivity index (χ3n) is 3.70. The Labute approximate surface area is 122 Å². The molecule has 1 aliphatic heterocycles. The molecule has 118 valence electrons. The number of carbonyl (C=O) groups is 1. The maximum absolute atomic E-state index is 10.5. The second kappa shape index (κ2) is 10.1. The minimum Gasteiger partial charge on any atom is -0.480 e. The van der Waals surface area contributed by atoms with Crippen LogP contribution < -0.4 is 5.32 Å². The lowest BCUT2D eigenvalue weighted by Crippen LogP contribution is -2.41. The minimum atomic E-state index is -0.781. The van der Waals surface area contributed by atoms with Crippen LogP contribution in [0.25, 0.3) is 0 Å². The van der Waals surface area contributed by atoms with E-state index in [-0.39, 0.29) is 6.54 Å². The summed E-state index contributed by atoms with van der Waals surface area (Å²) < 4.78 is 5.66. The largest absolute Gasteiger partial charge is 0.480 e. The van der Waals surface area contributed by atoms with Crippen molar-refractivity contribution >= 4 is 5.97 Å². The zero-order chi connectivity index (χ0) is 14.8. The molecule has 0 aromatic rings. The van der Waals surface area contributed by atoms with Gasteiger partial charge in [-0.3, -0.25) is 4.79 Å². The van der Waals surface area contributed by atoms with Gasteiger partial charge in [0.2, 0.25) is 0 Å². The van der Waals surface area contributed by atoms with E-state index in [1.807, 2.05) is 0 Å². The first-order valence-electron chi connectivity index (χ1n) is 7.80. The lowest BCUT2D eigenvalue weighted by atomic mass is 9.98. The molecule has 2 N–H and O–H groups in total. The summed E-state index contributed by atoms with van der Waals surface area (Å²) >= 11 is 0.